The van der Waals surface area contributed by atoms with Crippen molar-refractivity contribution < 1.29 is 0 Å². The van der Waals surface area contributed by atoms with Crippen molar-refractivity contribution >= 4 is 7.92 Å². The summed E-state index contributed by atoms with van der Waals surface area (Å²) >= 11 is 0. The van der Waals surface area contributed by atoms with E-state index in [0.717, 1.165) is 19.4 Å². The minimum Gasteiger partial charge on any atom is -0.330 e. The lowest BCUT2D eigenvalue weighted by molar-refractivity contribution is 0.607. The summed E-state index contributed by atoms with van der Waals surface area (Å²) in [6, 6.07) is 0.342. The van der Waals surface area contributed by atoms with E-state index < -0.39 is 0 Å². The molecule has 3 heteroatoms. The third kappa shape index (κ3) is 6.47. The zero-order chi connectivity index (χ0) is 7.98. The molecule has 0 aliphatic carbocycles. The van der Waals surface area contributed by atoms with Crippen molar-refractivity contribution in [2.75, 3.05) is 26.0 Å². The third-order valence-electron chi connectivity index (χ3n) is 1.48. The van der Waals surface area contributed by atoms with Gasteiger partial charge in [0.05, 0.1) is 0 Å². The van der Waals surface area contributed by atoms with E-state index in [9.17, 15) is 0 Å². The largest absolute Gasteiger partial charge is 0.330 e. The van der Waals surface area contributed by atoms with Crippen LogP contribution in [0.4, 0.5) is 0 Å². The molecule has 2 nitrogen and oxygen atoms in total. The highest BCUT2D eigenvalue weighted by Crippen LogP contribution is 2.25. The molecular formula is C7H19N2P. The Bertz CT molecular complexity index is 76.0. The van der Waals surface area contributed by atoms with Crippen LogP contribution in [0.25, 0.3) is 0 Å². The average Bonchev–Trinajstić information content (AvgIpc) is 1.85. The molecule has 0 amide bonds. The molecule has 0 spiro atoms. The van der Waals surface area contributed by atoms with Crippen LogP contribution in [0.1, 0.15) is 12.8 Å². The van der Waals surface area contributed by atoms with E-state index in [0.29, 0.717) is 6.04 Å². The van der Waals surface area contributed by atoms with E-state index in [2.05, 4.69) is 13.3 Å². The first-order valence-electron chi connectivity index (χ1n) is 3.77. The Labute approximate surface area is 65.1 Å². The van der Waals surface area contributed by atoms with Gasteiger partial charge in [-0.15, -0.1) is 7.92 Å². The van der Waals surface area contributed by atoms with E-state index in [4.69, 9.17) is 11.5 Å². The summed E-state index contributed by atoms with van der Waals surface area (Å²) in [5.74, 6) is 0. The van der Waals surface area contributed by atoms with Gasteiger partial charge in [0.15, 0.2) is 0 Å². The Kier molecular flexibility index (Phi) is 6.30. The van der Waals surface area contributed by atoms with Gasteiger partial charge < -0.3 is 11.5 Å². The maximum absolute atomic E-state index is 5.76. The quantitative estimate of drug-likeness (QED) is 0.587. The van der Waals surface area contributed by atoms with Crippen LogP contribution in [0.2, 0.25) is 0 Å². The minimum absolute atomic E-state index is 0.235. The highest BCUT2D eigenvalue weighted by Gasteiger charge is 2.01. The summed E-state index contributed by atoms with van der Waals surface area (Å²) in [4.78, 5) is 0. The molecule has 0 aliphatic rings. The highest BCUT2D eigenvalue weighted by atomic mass is 31.1. The summed E-state index contributed by atoms with van der Waals surface area (Å²) in [6.07, 6.45) is 3.41. The molecule has 1 unspecified atom stereocenters. The number of hydrogen-bond donors (Lipinski definition) is 2. The summed E-state index contributed by atoms with van der Waals surface area (Å²) in [7, 11) is 0.235. The average molecular weight is 162 g/mol. The second-order valence-corrected chi connectivity index (χ2v) is 5.54. The van der Waals surface area contributed by atoms with Gasteiger partial charge in [-0.25, -0.2) is 0 Å². The van der Waals surface area contributed by atoms with Crippen molar-refractivity contribution in [1.82, 2.24) is 0 Å². The fraction of sp³-hybridized carbons (Fsp3) is 1.00. The molecule has 0 radical (unpaired) electrons. The molecule has 0 bridgehead atoms. The van der Waals surface area contributed by atoms with Crippen molar-refractivity contribution in [1.29, 1.82) is 0 Å². The lowest BCUT2D eigenvalue weighted by atomic mass is 10.2. The highest BCUT2D eigenvalue weighted by molar-refractivity contribution is 7.55. The Morgan fingerprint density at radius 1 is 1.30 bits per heavy atom. The summed E-state index contributed by atoms with van der Waals surface area (Å²) < 4.78 is 0. The first-order valence-corrected chi connectivity index (χ1v) is 6.19. The van der Waals surface area contributed by atoms with Crippen LogP contribution in [0.5, 0.6) is 0 Å². The van der Waals surface area contributed by atoms with Crippen molar-refractivity contribution in [3.8, 4) is 0 Å². The van der Waals surface area contributed by atoms with Crippen molar-refractivity contribution in [2.24, 2.45) is 11.5 Å². The molecule has 0 aromatic heterocycles. The maximum Gasteiger partial charge on any atom is 0.00541 e. The van der Waals surface area contributed by atoms with Crippen LogP contribution in [0.3, 0.4) is 0 Å². The standard InChI is InChI=1S/C7H19N2P/c1-10(2)6-4-7(9)3-5-8/h7H,3-6,8-9H2,1-2H3. The Balaban J connectivity index is 3.12. The van der Waals surface area contributed by atoms with E-state index >= 15 is 0 Å². The smallest absolute Gasteiger partial charge is 0.00541 e. The molecule has 0 saturated carbocycles. The fourth-order valence-electron chi connectivity index (χ4n) is 0.782. The van der Waals surface area contributed by atoms with Crippen molar-refractivity contribution in [2.45, 2.75) is 18.9 Å². The van der Waals surface area contributed by atoms with Crippen molar-refractivity contribution in [3.63, 3.8) is 0 Å². The molecule has 0 heterocycles. The predicted octanol–water partition coefficient (Wildman–Crippen LogP) is 0.794. The molecule has 0 aliphatic heterocycles. The molecule has 4 N–H and O–H groups in total. The molecule has 0 aromatic carbocycles. The summed E-state index contributed by atoms with van der Waals surface area (Å²) in [5, 5.41) is 0. The van der Waals surface area contributed by atoms with Gasteiger partial charge in [0, 0.05) is 6.04 Å². The lowest BCUT2D eigenvalue weighted by Crippen LogP contribution is -2.24. The molecule has 0 rings (SSSR count). The van der Waals surface area contributed by atoms with E-state index in [1.54, 1.807) is 0 Å². The fourth-order valence-corrected chi connectivity index (χ4v) is 1.63. The summed E-state index contributed by atoms with van der Waals surface area (Å²) in [6.45, 7) is 5.29. The number of rotatable bonds is 5. The molecule has 0 aromatic rings. The predicted molar refractivity (Wildman–Crippen MR) is 49.9 cm³/mol. The van der Waals surface area contributed by atoms with Gasteiger partial charge in [-0.05, 0) is 38.9 Å². The summed E-state index contributed by atoms with van der Waals surface area (Å²) in [5.41, 5.74) is 11.1. The Hall–Kier alpha value is 0.350. The van der Waals surface area contributed by atoms with Crippen LogP contribution >= 0.6 is 7.92 Å². The molecule has 0 saturated heterocycles. The maximum atomic E-state index is 5.76. The monoisotopic (exact) mass is 162 g/mol. The van der Waals surface area contributed by atoms with Crippen LogP contribution in [0, 0.1) is 0 Å². The Morgan fingerprint density at radius 3 is 2.30 bits per heavy atom. The second kappa shape index (κ2) is 6.09. The first-order chi connectivity index (χ1) is 4.66. The lowest BCUT2D eigenvalue weighted by Gasteiger charge is -2.11. The van der Waals surface area contributed by atoms with Crippen molar-refractivity contribution in [3.05, 3.63) is 0 Å². The van der Waals surface area contributed by atoms with Crippen LogP contribution in [0.15, 0.2) is 0 Å². The van der Waals surface area contributed by atoms with Gasteiger partial charge >= 0.3 is 0 Å². The molecule has 10 heavy (non-hydrogen) atoms. The van der Waals surface area contributed by atoms with E-state index in [1.807, 2.05) is 0 Å². The molecule has 62 valence electrons. The van der Waals surface area contributed by atoms with Gasteiger partial charge in [-0.3, -0.25) is 0 Å². The molecular weight excluding hydrogens is 143 g/mol. The zero-order valence-electron chi connectivity index (χ0n) is 7.01. The van der Waals surface area contributed by atoms with Crippen LogP contribution in [-0.2, 0) is 0 Å². The normalized spacial score (nSPS) is 14.1. The SMILES string of the molecule is CP(C)CCC(N)CCN. The van der Waals surface area contributed by atoms with Crippen LogP contribution in [-0.4, -0.2) is 32.1 Å². The number of nitrogens with two attached hydrogens (primary N) is 2. The molecule has 1 atom stereocenters. The van der Waals surface area contributed by atoms with E-state index in [-0.39, 0.29) is 7.92 Å². The second-order valence-electron chi connectivity index (χ2n) is 2.93. The van der Waals surface area contributed by atoms with Gasteiger partial charge in [0.1, 0.15) is 0 Å². The van der Waals surface area contributed by atoms with Gasteiger partial charge in [-0.1, -0.05) is 0 Å². The number of hydrogen-bond acceptors (Lipinski definition) is 2. The van der Waals surface area contributed by atoms with Gasteiger partial charge in [0.2, 0.25) is 0 Å². The van der Waals surface area contributed by atoms with Crippen LogP contribution < -0.4 is 11.5 Å². The Morgan fingerprint density at radius 2 is 1.90 bits per heavy atom. The first kappa shape index (κ1) is 10.3. The van der Waals surface area contributed by atoms with Gasteiger partial charge in [0.25, 0.3) is 0 Å². The van der Waals surface area contributed by atoms with Gasteiger partial charge in [-0.2, -0.15) is 0 Å². The van der Waals surface area contributed by atoms with E-state index in [1.165, 1.54) is 6.16 Å². The minimum atomic E-state index is 0.235. The third-order valence-corrected chi connectivity index (χ3v) is 2.64. The zero-order valence-corrected chi connectivity index (χ0v) is 7.90. The topological polar surface area (TPSA) is 52.0 Å². The molecule has 0 fully saturated rings.